The topological polar surface area (TPSA) is 51.0 Å². The fraction of sp³-hybridized carbons (Fsp3) is 0.500. The molecule has 5 heteroatoms. The molecule has 0 N–H and O–H groups in total. The van der Waals surface area contributed by atoms with Crippen LogP contribution in [0, 0.1) is 5.92 Å². The molecule has 0 bridgehead atoms. The molecule has 0 atom stereocenters. The second-order valence-corrected chi connectivity index (χ2v) is 6.80. The van der Waals surface area contributed by atoms with Gasteiger partial charge < -0.3 is 4.90 Å². The van der Waals surface area contributed by atoms with Gasteiger partial charge in [-0.2, -0.15) is 0 Å². The first-order valence-corrected chi connectivity index (χ1v) is 8.49. The van der Waals surface area contributed by atoms with Gasteiger partial charge in [-0.1, -0.05) is 35.5 Å². The predicted molar refractivity (Wildman–Crippen MR) is 87.3 cm³/mol. The summed E-state index contributed by atoms with van der Waals surface area (Å²) >= 11 is 0. The van der Waals surface area contributed by atoms with E-state index in [1.807, 2.05) is 16.9 Å². The molecule has 23 heavy (non-hydrogen) atoms. The van der Waals surface area contributed by atoms with Crippen molar-refractivity contribution >= 4 is 5.78 Å². The highest BCUT2D eigenvalue weighted by Gasteiger charge is 2.30. The van der Waals surface area contributed by atoms with E-state index in [1.165, 1.54) is 5.56 Å². The number of benzene rings is 1. The van der Waals surface area contributed by atoms with Crippen LogP contribution in [0.15, 0.2) is 36.5 Å². The van der Waals surface area contributed by atoms with Gasteiger partial charge in [-0.25, -0.2) is 4.68 Å². The fourth-order valence-electron chi connectivity index (χ4n) is 3.21. The van der Waals surface area contributed by atoms with Crippen LogP contribution in [-0.2, 0) is 6.42 Å². The van der Waals surface area contributed by atoms with E-state index in [9.17, 15) is 4.79 Å². The Labute approximate surface area is 136 Å². The monoisotopic (exact) mass is 310 g/mol. The predicted octanol–water partition coefficient (Wildman–Crippen LogP) is 2.36. The van der Waals surface area contributed by atoms with Gasteiger partial charge in [-0.3, -0.25) is 4.79 Å². The molecule has 1 saturated heterocycles. The van der Waals surface area contributed by atoms with Gasteiger partial charge in [0.05, 0.1) is 12.2 Å². The highest BCUT2D eigenvalue weighted by Crippen LogP contribution is 2.33. The van der Waals surface area contributed by atoms with Gasteiger partial charge in [0.15, 0.2) is 5.78 Å². The van der Waals surface area contributed by atoms with Crippen LogP contribution in [0.2, 0.25) is 0 Å². The first kappa shape index (κ1) is 14.6. The number of nitrogens with zero attached hydrogens (tertiary/aromatic N) is 4. The summed E-state index contributed by atoms with van der Waals surface area (Å²) in [6, 6.07) is 11.0. The van der Waals surface area contributed by atoms with E-state index in [0.717, 1.165) is 38.9 Å². The molecule has 1 aliphatic heterocycles. The van der Waals surface area contributed by atoms with E-state index >= 15 is 0 Å². The Morgan fingerprint density at radius 1 is 1.17 bits per heavy atom. The summed E-state index contributed by atoms with van der Waals surface area (Å²) in [4.78, 5) is 14.7. The highest BCUT2D eigenvalue weighted by molar-refractivity contribution is 5.94. The Morgan fingerprint density at radius 2 is 1.96 bits per heavy atom. The van der Waals surface area contributed by atoms with Gasteiger partial charge in [-0.05, 0) is 30.7 Å². The average Bonchev–Trinajstić information content (AvgIpc) is 3.27. The summed E-state index contributed by atoms with van der Waals surface area (Å²) in [6.07, 6.45) is 5.83. The molecule has 2 heterocycles. The van der Waals surface area contributed by atoms with Gasteiger partial charge in [0.2, 0.25) is 0 Å². The number of Topliss-reactive ketones (excluding diaryl/α,β-unsaturated/α-hetero) is 1. The molecule has 120 valence electrons. The molecule has 4 rings (SSSR count). The average molecular weight is 310 g/mol. The normalized spacial score (nSPS) is 18.8. The zero-order chi connectivity index (χ0) is 15.6. The fourth-order valence-corrected chi connectivity index (χ4v) is 3.21. The van der Waals surface area contributed by atoms with Crippen molar-refractivity contribution < 1.29 is 4.79 Å². The van der Waals surface area contributed by atoms with Crippen LogP contribution in [-0.4, -0.2) is 45.3 Å². The van der Waals surface area contributed by atoms with Crippen LogP contribution in [0.1, 0.15) is 41.4 Å². The Balaban J connectivity index is 1.20. The van der Waals surface area contributed by atoms with Crippen LogP contribution in [0.4, 0.5) is 0 Å². The molecule has 0 unspecified atom stereocenters. The molecule has 1 saturated carbocycles. The maximum atomic E-state index is 12.3. The first-order chi connectivity index (χ1) is 11.3. The summed E-state index contributed by atoms with van der Waals surface area (Å²) in [5.74, 6) is 0.619. The molecule has 2 fully saturated rings. The van der Waals surface area contributed by atoms with E-state index in [-0.39, 0.29) is 5.78 Å². The minimum absolute atomic E-state index is 0.143. The van der Waals surface area contributed by atoms with E-state index in [0.29, 0.717) is 24.1 Å². The van der Waals surface area contributed by atoms with E-state index in [4.69, 9.17) is 0 Å². The SMILES string of the molecule is O=C(CC1CN(CCc2ccccc2)C1)c1cn(C2CC2)nn1. The lowest BCUT2D eigenvalue weighted by Gasteiger charge is -2.39. The van der Waals surface area contributed by atoms with Gasteiger partial charge in [0, 0.05) is 26.1 Å². The van der Waals surface area contributed by atoms with Crippen molar-refractivity contribution in [3.8, 4) is 0 Å². The van der Waals surface area contributed by atoms with E-state index in [1.54, 1.807) is 0 Å². The molecule has 0 radical (unpaired) electrons. The second-order valence-electron chi connectivity index (χ2n) is 6.80. The largest absolute Gasteiger partial charge is 0.302 e. The van der Waals surface area contributed by atoms with Crippen molar-refractivity contribution in [2.45, 2.75) is 31.7 Å². The van der Waals surface area contributed by atoms with Crippen LogP contribution in [0.5, 0.6) is 0 Å². The molecule has 0 spiro atoms. The molecule has 5 nitrogen and oxygen atoms in total. The third-order valence-corrected chi connectivity index (χ3v) is 4.78. The van der Waals surface area contributed by atoms with Gasteiger partial charge in [0.1, 0.15) is 5.69 Å². The van der Waals surface area contributed by atoms with E-state index in [2.05, 4.69) is 39.5 Å². The number of hydrogen-bond donors (Lipinski definition) is 0. The minimum atomic E-state index is 0.143. The standard InChI is InChI=1S/C18H22N4O/c23-18(17-13-22(20-19-17)16-6-7-16)10-15-11-21(12-15)9-8-14-4-2-1-3-5-14/h1-5,13,15-16H,6-12H2. The molecule has 1 aromatic heterocycles. The lowest BCUT2D eigenvalue weighted by molar-refractivity contribution is 0.0744. The van der Waals surface area contributed by atoms with Crippen molar-refractivity contribution in [1.29, 1.82) is 0 Å². The molecule has 0 amide bonds. The Hall–Kier alpha value is -2.01. The van der Waals surface area contributed by atoms with Gasteiger partial charge in [-0.15, -0.1) is 5.10 Å². The van der Waals surface area contributed by atoms with Gasteiger partial charge >= 0.3 is 0 Å². The number of rotatable bonds is 7. The summed E-state index contributed by atoms with van der Waals surface area (Å²) in [5.41, 5.74) is 1.92. The number of ketones is 1. The molecule has 1 aliphatic carbocycles. The number of likely N-dealkylation sites (tertiary alicyclic amines) is 1. The lowest BCUT2D eigenvalue weighted by atomic mass is 9.93. The van der Waals surface area contributed by atoms with Crippen molar-refractivity contribution in [1.82, 2.24) is 19.9 Å². The summed E-state index contributed by atoms with van der Waals surface area (Å²) in [7, 11) is 0. The Bertz CT molecular complexity index is 671. The third-order valence-electron chi connectivity index (χ3n) is 4.78. The van der Waals surface area contributed by atoms with Crippen molar-refractivity contribution in [2.24, 2.45) is 5.92 Å². The summed E-state index contributed by atoms with van der Waals surface area (Å²) in [6.45, 7) is 3.12. The van der Waals surface area contributed by atoms with Crippen molar-refractivity contribution in [3.05, 3.63) is 47.8 Å². The molecular weight excluding hydrogens is 288 g/mol. The molecule has 1 aromatic carbocycles. The Morgan fingerprint density at radius 3 is 2.70 bits per heavy atom. The molecule has 2 aliphatic rings. The van der Waals surface area contributed by atoms with Crippen LogP contribution in [0.25, 0.3) is 0 Å². The Kier molecular flexibility index (Phi) is 3.95. The maximum Gasteiger partial charge on any atom is 0.185 e. The van der Waals surface area contributed by atoms with Crippen molar-refractivity contribution in [2.75, 3.05) is 19.6 Å². The molecule has 2 aromatic rings. The first-order valence-electron chi connectivity index (χ1n) is 8.49. The molecular formula is C18H22N4O. The minimum Gasteiger partial charge on any atom is -0.302 e. The lowest BCUT2D eigenvalue weighted by Crippen LogP contribution is -2.48. The smallest absolute Gasteiger partial charge is 0.185 e. The quantitative estimate of drug-likeness (QED) is 0.737. The number of carbonyl (C=O) groups is 1. The number of aromatic nitrogens is 3. The second kappa shape index (κ2) is 6.24. The van der Waals surface area contributed by atoms with E-state index < -0.39 is 0 Å². The summed E-state index contributed by atoms with van der Waals surface area (Å²) < 4.78 is 1.85. The van der Waals surface area contributed by atoms with Crippen LogP contribution in [0.3, 0.4) is 0 Å². The highest BCUT2D eigenvalue weighted by atomic mass is 16.1. The summed E-state index contributed by atoms with van der Waals surface area (Å²) in [5, 5.41) is 8.10. The van der Waals surface area contributed by atoms with Crippen LogP contribution < -0.4 is 0 Å². The van der Waals surface area contributed by atoms with Gasteiger partial charge in [0.25, 0.3) is 0 Å². The maximum absolute atomic E-state index is 12.3. The van der Waals surface area contributed by atoms with Crippen molar-refractivity contribution in [3.63, 3.8) is 0 Å². The number of hydrogen-bond acceptors (Lipinski definition) is 4. The zero-order valence-electron chi connectivity index (χ0n) is 13.3. The van der Waals surface area contributed by atoms with Crippen LogP contribution >= 0.6 is 0 Å². The third kappa shape index (κ3) is 3.50. The zero-order valence-corrected chi connectivity index (χ0v) is 13.3. The number of carbonyl (C=O) groups excluding carboxylic acids is 1.